The predicted molar refractivity (Wildman–Crippen MR) is 58.8 cm³/mol. The molecule has 4 nitrogen and oxygen atoms in total. The number of hydrogen-bond acceptors (Lipinski definition) is 3. The number of benzene rings is 1. The fourth-order valence-electron chi connectivity index (χ4n) is 1.27. The summed E-state index contributed by atoms with van der Waals surface area (Å²) in [6.07, 6.45) is 1.96. The number of nitrogens with one attached hydrogen (secondary N) is 1. The van der Waals surface area contributed by atoms with Crippen LogP contribution in [0.5, 0.6) is 5.75 Å². The zero-order valence-corrected chi connectivity index (χ0v) is 9.02. The number of hydrogen-bond donors (Lipinski definition) is 1. The molecule has 0 radical (unpaired) electrons. The van der Waals surface area contributed by atoms with Crippen LogP contribution in [0.2, 0.25) is 0 Å². The number of ether oxygens (including phenoxy) is 1. The van der Waals surface area contributed by atoms with E-state index in [2.05, 4.69) is 5.48 Å². The molecule has 2 rings (SSSR count). The Hall–Kier alpha value is -1.55. The van der Waals surface area contributed by atoms with Crippen molar-refractivity contribution < 1.29 is 14.4 Å². The maximum atomic E-state index is 11.2. The van der Waals surface area contributed by atoms with Crippen LogP contribution in [0.4, 0.5) is 0 Å². The van der Waals surface area contributed by atoms with Gasteiger partial charge in [-0.15, -0.1) is 0 Å². The van der Waals surface area contributed by atoms with E-state index in [0.29, 0.717) is 13.2 Å². The van der Waals surface area contributed by atoms with Crippen molar-refractivity contribution in [3.63, 3.8) is 0 Å². The van der Waals surface area contributed by atoms with Crippen LogP contribution in [0.1, 0.15) is 12.8 Å². The lowest BCUT2D eigenvalue weighted by atomic mass is 10.3. The monoisotopic (exact) mass is 221 g/mol. The smallest absolute Gasteiger partial charge is 0.246 e. The number of carbonyl (C=O) groups is 1. The van der Waals surface area contributed by atoms with E-state index < -0.39 is 0 Å². The SMILES string of the molecule is O=C(NOCCOc1ccccc1)C1CC1. The molecule has 0 bridgehead atoms. The normalized spacial score (nSPS) is 14.5. The van der Waals surface area contributed by atoms with Crippen LogP contribution < -0.4 is 10.2 Å². The second-order valence-corrected chi connectivity index (χ2v) is 3.75. The highest BCUT2D eigenvalue weighted by Crippen LogP contribution is 2.28. The van der Waals surface area contributed by atoms with Crippen molar-refractivity contribution in [2.24, 2.45) is 5.92 Å². The van der Waals surface area contributed by atoms with Gasteiger partial charge in [0.2, 0.25) is 5.91 Å². The van der Waals surface area contributed by atoms with Gasteiger partial charge in [-0.1, -0.05) is 18.2 Å². The van der Waals surface area contributed by atoms with Gasteiger partial charge in [-0.3, -0.25) is 9.63 Å². The van der Waals surface area contributed by atoms with Crippen molar-refractivity contribution in [3.8, 4) is 5.75 Å². The summed E-state index contributed by atoms with van der Waals surface area (Å²) in [4.78, 5) is 16.2. The summed E-state index contributed by atoms with van der Waals surface area (Å²) in [5.74, 6) is 0.967. The van der Waals surface area contributed by atoms with Crippen molar-refractivity contribution in [2.45, 2.75) is 12.8 Å². The summed E-state index contributed by atoms with van der Waals surface area (Å²) >= 11 is 0. The highest BCUT2D eigenvalue weighted by molar-refractivity contribution is 5.79. The first kappa shape index (κ1) is 11.0. The minimum atomic E-state index is -0.0142. The van der Waals surface area contributed by atoms with Crippen molar-refractivity contribution in [1.82, 2.24) is 5.48 Å². The van der Waals surface area contributed by atoms with Crippen molar-refractivity contribution in [3.05, 3.63) is 30.3 Å². The Labute approximate surface area is 94.5 Å². The molecule has 0 aliphatic heterocycles. The van der Waals surface area contributed by atoms with Gasteiger partial charge in [-0.2, -0.15) is 0 Å². The molecule has 0 saturated heterocycles. The highest BCUT2D eigenvalue weighted by atomic mass is 16.7. The molecule has 86 valence electrons. The van der Waals surface area contributed by atoms with E-state index >= 15 is 0 Å². The fraction of sp³-hybridized carbons (Fsp3) is 0.417. The Kier molecular flexibility index (Phi) is 3.77. The Morgan fingerprint density at radius 1 is 1.25 bits per heavy atom. The summed E-state index contributed by atoms with van der Waals surface area (Å²) in [6.45, 7) is 0.780. The zero-order valence-electron chi connectivity index (χ0n) is 9.02. The van der Waals surface area contributed by atoms with E-state index in [9.17, 15) is 4.79 Å². The van der Waals surface area contributed by atoms with E-state index in [1.807, 2.05) is 30.3 Å². The molecule has 0 aromatic heterocycles. The highest BCUT2D eigenvalue weighted by Gasteiger charge is 2.29. The summed E-state index contributed by atoms with van der Waals surface area (Å²) < 4.78 is 5.39. The first-order valence-corrected chi connectivity index (χ1v) is 5.46. The lowest BCUT2D eigenvalue weighted by molar-refractivity contribution is -0.135. The molecule has 1 amide bonds. The number of carbonyl (C=O) groups excluding carboxylic acids is 1. The number of amides is 1. The van der Waals surface area contributed by atoms with Gasteiger partial charge < -0.3 is 4.74 Å². The zero-order chi connectivity index (χ0) is 11.2. The van der Waals surface area contributed by atoms with Crippen LogP contribution in [-0.4, -0.2) is 19.1 Å². The third-order valence-electron chi connectivity index (χ3n) is 2.32. The summed E-state index contributed by atoms with van der Waals surface area (Å²) in [6, 6.07) is 9.50. The van der Waals surface area contributed by atoms with Gasteiger partial charge in [-0.25, -0.2) is 5.48 Å². The molecule has 0 unspecified atom stereocenters. The van der Waals surface area contributed by atoms with Gasteiger partial charge in [0.05, 0.1) is 0 Å². The summed E-state index contributed by atoms with van der Waals surface area (Å²) in [5, 5.41) is 0. The molecular weight excluding hydrogens is 206 g/mol. The maximum Gasteiger partial charge on any atom is 0.246 e. The fourth-order valence-corrected chi connectivity index (χ4v) is 1.27. The minimum absolute atomic E-state index is 0.0142. The molecule has 1 N–H and O–H groups in total. The largest absolute Gasteiger partial charge is 0.491 e. The molecular formula is C12H15NO3. The topological polar surface area (TPSA) is 47.6 Å². The molecule has 1 fully saturated rings. The van der Waals surface area contributed by atoms with E-state index in [0.717, 1.165) is 18.6 Å². The van der Waals surface area contributed by atoms with Crippen LogP contribution in [0.15, 0.2) is 30.3 Å². The average Bonchev–Trinajstić information content (AvgIpc) is 3.13. The molecule has 4 heteroatoms. The van der Waals surface area contributed by atoms with E-state index in [1.165, 1.54) is 0 Å². The van der Waals surface area contributed by atoms with Crippen molar-refractivity contribution in [2.75, 3.05) is 13.2 Å². The van der Waals surface area contributed by atoms with Gasteiger partial charge >= 0.3 is 0 Å². The first-order valence-electron chi connectivity index (χ1n) is 5.46. The Morgan fingerprint density at radius 2 is 2.00 bits per heavy atom. The van der Waals surface area contributed by atoms with E-state index in [1.54, 1.807) is 0 Å². The lowest BCUT2D eigenvalue weighted by Gasteiger charge is -2.07. The Morgan fingerprint density at radius 3 is 2.69 bits per heavy atom. The second-order valence-electron chi connectivity index (χ2n) is 3.75. The van der Waals surface area contributed by atoms with Crippen LogP contribution in [0.3, 0.4) is 0 Å². The van der Waals surface area contributed by atoms with Crippen LogP contribution >= 0.6 is 0 Å². The molecule has 16 heavy (non-hydrogen) atoms. The molecule has 1 aliphatic carbocycles. The molecule has 1 aliphatic rings. The van der Waals surface area contributed by atoms with Crippen molar-refractivity contribution in [1.29, 1.82) is 0 Å². The molecule has 1 aromatic rings. The molecule has 0 heterocycles. The number of rotatable bonds is 6. The van der Waals surface area contributed by atoms with Gasteiger partial charge in [-0.05, 0) is 25.0 Å². The maximum absolute atomic E-state index is 11.2. The van der Waals surface area contributed by atoms with Gasteiger partial charge in [0, 0.05) is 5.92 Å². The molecule has 0 spiro atoms. The molecule has 1 aromatic carbocycles. The third kappa shape index (κ3) is 3.55. The minimum Gasteiger partial charge on any atom is -0.491 e. The summed E-state index contributed by atoms with van der Waals surface area (Å²) in [5.41, 5.74) is 2.41. The Bertz CT molecular complexity index is 335. The quantitative estimate of drug-likeness (QED) is 0.585. The number of hydroxylamine groups is 1. The first-order chi connectivity index (χ1) is 7.86. The van der Waals surface area contributed by atoms with Gasteiger partial charge in [0.1, 0.15) is 19.0 Å². The average molecular weight is 221 g/mol. The third-order valence-corrected chi connectivity index (χ3v) is 2.32. The van der Waals surface area contributed by atoms with E-state index in [4.69, 9.17) is 9.57 Å². The Balaban J connectivity index is 1.53. The van der Waals surface area contributed by atoms with Crippen molar-refractivity contribution >= 4 is 5.91 Å². The van der Waals surface area contributed by atoms with Crippen LogP contribution in [0.25, 0.3) is 0 Å². The predicted octanol–water partition coefficient (Wildman–Crippen LogP) is 1.52. The van der Waals surface area contributed by atoms with Gasteiger partial charge in [0.15, 0.2) is 0 Å². The standard InChI is InChI=1S/C12H15NO3/c14-12(10-6-7-10)13-16-9-8-15-11-4-2-1-3-5-11/h1-5,10H,6-9H2,(H,13,14). The molecule has 0 atom stereocenters. The van der Waals surface area contributed by atoms with Crippen LogP contribution in [-0.2, 0) is 9.63 Å². The second kappa shape index (κ2) is 5.51. The summed E-state index contributed by atoms with van der Waals surface area (Å²) in [7, 11) is 0. The molecule has 1 saturated carbocycles. The number of para-hydroxylation sites is 1. The van der Waals surface area contributed by atoms with Crippen LogP contribution in [0, 0.1) is 5.92 Å². The lowest BCUT2D eigenvalue weighted by Crippen LogP contribution is -2.27. The van der Waals surface area contributed by atoms with E-state index in [-0.39, 0.29) is 11.8 Å². The van der Waals surface area contributed by atoms with Gasteiger partial charge in [0.25, 0.3) is 0 Å².